The zero-order valence-electron chi connectivity index (χ0n) is 13.2. The van der Waals surface area contributed by atoms with Gasteiger partial charge in [-0.2, -0.15) is 0 Å². The fraction of sp³-hybridized carbons (Fsp3) is 0.875. The van der Waals surface area contributed by atoms with Gasteiger partial charge in [-0.05, 0) is 0 Å². The van der Waals surface area contributed by atoms with Gasteiger partial charge in [-0.3, -0.25) is 0 Å². The number of nitrogens with one attached hydrogen (secondary N) is 1. The third-order valence-electron chi connectivity index (χ3n) is 6.85. The van der Waals surface area contributed by atoms with Crippen LogP contribution in [0.5, 0.6) is 0 Å². The van der Waals surface area contributed by atoms with E-state index in [1.807, 2.05) is 0 Å². The molecular weight excluding hydrogens is 375 g/mol. The Bertz CT molecular complexity index is 530. The van der Waals surface area contributed by atoms with Crippen molar-refractivity contribution < 1.29 is 21.2 Å². The second kappa shape index (κ2) is 4.66. The number of rotatable bonds is 1. The number of nitrogens with two attached hydrogens (primary N) is 1. The Morgan fingerprint density at radius 2 is 1.86 bits per heavy atom. The van der Waals surface area contributed by atoms with Gasteiger partial charge in [0.05, 0.1) is 0 Å². The summed E-state index contributed by atoms with van der Waals surface area (Å²) < 4.78 is 1.08. The van der Waals surface area contributed by atoms with Crippen LogP contribution in [0.4, 0.5) is 0 Å². The van der Waals surface area contributed by atoms with Gasteiger partial charge in [0.2, 0.25) is 0 Å². The van der Waals surface area contributed by atoms with E-state index in [1.165, 1.54) is 32.1 Å². The summed E-state index contributed by atoms with van der Waals surface area (Å²) in [6, 6.07) is 0.413. The molecule has 4 nitrogen and oxygen atoms in total. The van der Waals surface area contributed by atoms with E-state index in [4.69, 9.17) is 15.8 Å². The summed E-state index contributed by atoms with van der Waals surface area (Å²) in [7, 11) is 0. The van der Waals surface area contributed by atoms with Crippen LogP contribution in [0.15, 0.2) is 9.98 Å². The molecule has 3 aliphatic carbocycles. The predicted octanol–water partition coefficient (Wildman–Crippen LogP) is -0.842. The van der Waals surface area contributed by atoms with Crippen molar-refractivity contribution in [2.45, 2.75) is 52.0 Å². The number of aliphatic imine (C=N–C) groups is 2. The minimum absolute atomic E-state index is 0.0670. The molecule has 3 N–H and O–H groups in total. The van der Waals surface area contributed by atoms with Crippen molar-refractivity contribution in [1.29, 1.82) is 0 Å². The van der Waals surface area contributed by atoms with E-state index >= 15 is 0 Å². The van der Waals surface area contributed by atoms with Crippen molar-refractivity contribution in [3.8, 4) is 0 Å². The molecule has 0 amide bonds. The first-order chi connectivity index (χ1) is 9.99. The van der Waals surface area contributed by atoms with Crippen LogP contribution in [-0.2, 0) is 0 Å². The molecule has 3 saturated carbocycles. The average molecular weight is 401 g/mol. The molecule has 0 aromatic carbocycles. The van der Waals surface area contributed by atoms with Crippen LogP contribution in [-0.4, -0.2) is 20.7 Å². The SMILES string of the molecule is C[I-]C1=NC2CC3(C)CC(C)(CC2C(NN)=N1)C1CCC13. The van der Waals surface area contributed by atoms with E-state index in [0.717, 1.165) is 21.5 Å². The molecule has 0 aromatic heterocycles. The summed E-state index contributed by atoms with van der Waals surface area (Å²) in [6.07, 6.45) is 6.72. The number of hydrogen-bond acceptors (Lipinski definition) is 4. The van der Waals surface area contributed by atoms with E-state index < -0.39 is 0 Å². The van der Waals surface area contributed by atoms with Gasteiger partial charge in [-0.15, -0.1) is 0 Å². The molecule has 0 spiro atoms. The molecule has 118 valence electrons. The molecular formula is C16H26IN4-. The summed E-state index contributed by atoms with van der Waals surface area (Å²) in [5.74, 6) is 9.12. The van der Waals surface area contributed by atoms with Crippen LogP contribution in [0.1, 0.15) is 46.0 Å². The third-order valence-corrected chi connectivity index (χ3v) is 8.34. The fourth-order valence-electron chi connectivity index (χ4n) is 6.05. The molecule has 1 heterocycles. The molecule has 0 aromatic rings. The van der Waals surface area contributed by atoms with Gasteiger partial charge < -0.3 is 0 Å². The molecule has 6 atom stereocenters. The molecule has 6 unspecified atom stereocenters. The Kier molecular flexibility index (Phi) is 3.20. The molecule has 21 heavy (non-hydrogen) atoms. The maximum atomic E-state index is 5.80. The molecule has 2 bridgehead atoms. The summed E-state index contributed by atoms with van der Waals surface area (Å²) >= 11 is -0.0670. The topological polar surface area (TPSA) is 62.8 Å². The van der Waals surface area contributed by atoms with E-state index in [2.05, 4.69) is 24.2 Å². The Balaban J connectivity index is 1.73. The van der Waals surface area contributed by atoms with Crippen molar-refractivity contribution in [2.24, 2.45) is 44.4 Å². The summed E-state index contributed by atoms with van der Waals surface area (Å²) in [5, 5.41) is 0. The molecule has 4 rings (SSSR count). The molecule has 1 aliphatic heterocycles. The zero-order chi connectivity index (χ0) is 14.8. The van der Waals surface area contributed by atoms with Gasteiger partial charge in [0, 0.05) is 0 Å². The van der Waals surface area contributed by atoms with Crippen LogP contribution in [0, 0.1) is 28.6 Å². The van der Waals surface area contributed by atoms with Crippen LogP contribution >= 0.6 is 0 Å². The molecule has 0 radical (unpaired) electrons. The average Bonchev–Trinajstić information content (AvgIpc) is 2.45. The summed E-state index contributed by atoms with van der Waals surface area (Å²) in [5.41, 5.74) is 3.89. The number of halogens is 1. The van der Waals surface area contributed by atoms with E-state index in [1.54, 1.807) is 0 Å². The molecule has 5 heteroatoms. The Morgan fingerprint density at radius 3 is 2.43 bits per heavy atom. The van der Waals surface area contributed by atoms with Crippen molar-refractivity contribution >= 4 is 9.68 Å². The van der Waals surface area contributed by atoms with Crippen LogP contribution < -0.4 is 32.5 Å². The number of amidine groups is 2. The van der Waals surface area contributed by atoms with Crippen molar-refractivity contribution in [1.82, 2.24) is 5.43 Å². The van der Waals surface area contributed by atoms with Crippen LogP contribution in [0.2, 0.25) is 0 Å². The Labute approximate surface area is 137 Å². The molecule has 0 saturated heterocycles. The van der Waals surface area contributed by atoms with Gasteiger partial charge >= 0.3 is 138 Å². The van der Waals surface area contributed by atoms with E-state index in [0.29, 0.717) is 22.8 Å². The second-order valence-corrected chi connectivity index (χ2v) is 10.1. The number of fused-ring (bicyclic) bond motifs is 6. The fourth-order valence-corrected chi connectivity index (χ4v) is 7.19. The van der Waals surface area contributed by atoms with Gasteiger partial charge in [0.1, 0.15) is 0 Å². The monoisotopic (exact) mass is 401 g/mol. The number of alkyl halides is 1. The first-order valence-corrected chi connectivity index (χ1v) is 11.4. The molecule has 4 aliphatic rings. The van der Waals surface area contributed by atoms with E-state index in [-0.39, 0.29) is 21.2 Å². The minimum atomic E-state index is -0.0670. The van der Waals surface area contributed by atoms with Crippen molar-refractivity contribution in [3.63, 3.8) is 0 Å². The van der Waals surface area contributed by atoms with Gasteiger partial charge in [-0.1, -0.05) is 0 Å². The first kappa shape index (κ1) is 14.4. The quantitative estimate of drug-likeness (QED) is 0.198. The normalized spacial score (nSPS) is 51.2. The van der Waals surface area contributed by atoms with Crippen molar-refractivity contribution in [3.05, 3.63) is 0 Å². The molecule has 3 fully saturated rings. The summed E-state index contributed by atoms with van der Waals surface area (Å²) in [6.45, 7) is 5.06. The predicted molar refractivity (Wildman–Crippen MR) is 81.7 cm³/mol. The first-order valence-electron chi connectivity index (χ1n) is 8.11. The summed E-state index contributed by atoms with van der Waals surface area (Å²) in [4.78, 5) is 12.0. The van der Waals surface area contributed by atoms with Gasteiger partial charge in [0.15, 0.2) is 0 Å². The third kappa shape index (κ3) is 1.95. The Morgan fingerprint density at radius 1 is 1.19 bits per heavy atom. The van der Waals surface area contributed by atoms with E-state index in [9.17, 15) is 0 Å². The second-order valence-electron chi connectivity index (χ2n) is 8.09. The number of nitrogens with zero attached hydrogens (tertiary/aromatic N) is 2. The zero-order valence-corrected chi connectivity index (χ0v) is 15.4. The number of hydrazine groups is 1. The van der Waals surface area contributed by atoms with Gasteiger partial charge in [-0.25, -0.2) is 0 Å². The Hall–Kier alpha value is -0.170. The standard InChI is InChI=1S/C16H26IN4/c1-15-6-9-12(19-14(17-3)20-13(9)21-18)7-16(2,8-15)11-5-4-10(11)15/h9-12H,4-8,18H2,1-3H3,(H,19,20,21)/q-1. The van der Waals surface area contributed by atoms with Crippen molar-refractivity contribution in [2.75, 3.05) is 4.93 Å². The van der Waals surface area contributed by atoms with Crippen LogP contribution in [0.25, 0.3) is 0 Å². The van der Waals surface area contributed by atoms with Crippen LogP contribution in [0.3, 0.4) is 0 Å². The maximum absolute atomic E-state index is 5.80. The number of hydrogen-bond donors (Lipinski definition) is 2. The van der Waals surface area contributed by atoms with Gasteiger partial charge in [0.25, 0.3) is 0 Å².